The van der Waals surface area contributed by atoms with Gasteiger partial charge in [0.2, 0.25) is 11.6 Å². The van der Waals surface area contributed by atoms with Crippen LogP contribution >= 0.6 is 0 Å². The van der Waals surface area contributed by atoms with Crippen LogP contribution in [-0.2, 0) is 61.6 Å². The molecule has 12 fully saturated rings. The van der Waals surface area contributed by atoms with Gasteiger partial charge in [-0.15, -0.1) is 0 Å². The smallest absolute Gasteiger partial charge is 0.308 e. The zero-order chi connectivity index (χ0) is 45.2. The number of benzene rings is 1. The zero-order valence-corrected chi connectivity index (χ0v) is 38.2. The van der Waals surface area contributed by atoms with E-state index < -0.39 is 103 Å². The van der Waals surface area contributed by atoms with Crippen LogP contribution in [-0.4, -0.2) is 151 Å². The van der Waals surface area contributed by atoms with E-state index in [1.165, 1.54) is 0 Å². The van der Waals surface area contributed by atoms with Gasteiger partial charge in [-0.2, -0.15) is 0 Å². The topological polar surface area (TPSA) is 178 Å². The van der Waals surface area contributed by atoms with Gasteiger partial charge in [0, 0.05) is 37.4 Å². The second kappa shape index (κ2) is 17.1. The van der Waals surface area contributed by atoms with Gasteiger partial charge < -0.3 is 71.8 Å². The molecule has 0 amide bonds. The number of methoxy groups -OCH3 is 1. The Labute approximate surface area is 385 Å². The fraction of sp³-hybridized carbons (Fsp3) is 0.780. The predicted molar refractivity (Wildman–Crippen MR) is 229 cm³/mol. The number of aliphatic hydroxyl groups excluding tert-OH is 2. The van der Waals surface area contributed by atoms with Crippen molar-refractivity contribution in [2.45, 2.75) is 219 Å². The van der Waals surface area contributed by atoms with Gasteiger partial charge in [0.15, 0.2) is 12.4 Å². The molecule has 0 saturated carbocycles. The van der Waals surface area contributed by atoms with Crippen molar-refractivity contribution < 1.29 is 76.6 Å². The molecule has 12 heterocycles. The van der Waals surface area contributed by atoms with Gasteiger partial charge in [0.05, 0.1) is 80.7 Å². The van der Waals surface area contributed by atoms with Crippen LogP contribution in [0.2, 0.25) is 0 Å². The van der Waals surface area contributed by atoms with Gasteiger partial charge in [-0.1, -0.05) is 39.1 Å². The monoisotopic (exact) mass is 922 g/mol. The predicted octanol–water partition coefficient (Wildman–Crippen LogP) is 4.65. The largest absolute Gasteiger partial charge is 0.497 e. The molecule has 12 aliphatic heterocycles. The van der Waals surface area contributed by atoms with E-state index in [2.05, 4.69) is 20.1 Å². The number of rotatable bonds is 4. The average molecular weight is 923 g/mol. The molecule has 1 aromatic rings. The van der Waals surface area contributed by atoms with Gasteiger partial charge in [-0.3, -0.25) is 4.79 Å². The first kappa shape index (κ1) is 44.6. The maximum atomic E-state index is 14.3. The Kier molecular flexibility index (Phi) is 11.6. The molecule has 2 spiro atoms. The van der Waals surface area contributed by atoms with E-state index in [-0.39, 0.29) is 55.4 Å². The lowest BCUT2D eigenvalue weighted by molar-refractivity contribution is -0.329. The summed E-state index contributed by atoms with van der Waals surface area (Å²) in [7, 11) is 1.63. The highest BCUT2D eigenvalue weighted by atomic mass is 16.9. The quantitative estimate of drug-likeness (QED) is 0.315. The van der Waals surface area contributed by atoms with Crippen molar-refractivity contribution in [2.24, 2.45) is 11.8 Å². The molecule has 23 atom stereocenters. The van der Waals surface area contributed by atoms with Gasteiger partial charge >= 0.3 is 5.97 Å². The summed E-state index contributed by atoms with van der Waals surface area (Å²) < 4.78 is 87.8. The van der Waals surface area contributed by atoms with Crippen LogP contribution < -0.4 is 4.74 Å². The summed E-state index contributed by atoms with van der Waals surface area (Å²) in [4.78, 5) is 14.3. The van der Waals surface area contributed by atoms with E-state index in [9.17, 15) is 15.0 Å². The number of esters is 1. The van der Waals surface area contributed by atoms with Gasteiger partial charge in [0.25, 0.3) is 0 Å². The van der Waals surface area contributed by atoms with Crippen molar-refractivity contribution in [3.63, 3.8) is 0 Å². The summed E-state index contributed by atoms with van der Waals surface area (Å²) in [5, 5.41) is 20.8. The van der Waals surface area contributed by atoms with Crippen LogP contribution in [0.25, 0.3) is 0 Å². The minimum Gasteiger partial charge on any atom is -0.497 e. The van der Waals surface area contributed by atoms with Crippen LogP contribution in [0.1, 0.15) is 103 Å². The summed E-state index contributed by atoms with van der Waals surface area (Å²) in [6, 6.07) is 7.62. The molecule has 1 aromatic carbocycles. The normalized spacial score (nSPS) is 51.9. The number of carbonyl (C=O) groups is 1. The van der Waals surface area contributed by atoms with E-state index >= 15 is 0 Å². The lowest BCUT2D eigenvalue weighted by atomic mass is 9.79. The Bertz CT molecular complexity index is 2020. The average Bonchev–Trinajstić information content (AvgIpc) is 3.98. The number of ether oxygens (including phenoxy) is 13. The molecule has 5 unspecified atom stereocenters. The molecule has 12 saturated heterocycles. The van der Waals surface area contributed by atoms with E-state index in [0.717, 1.165) is 41.7 Å². The van der Waals surface area contributed by atoms with Crippen molar-refractivity contribution in [1.82, 2.24) is 0 Å². The van der Waals surface area contributed by atoms with Crippen molar-refractivity contribution in [1.29, 1.82) is 0 Å². The lowest BCUT2D eigenvalue weighted by Crippen LogP contribution is -2.63. The highest BCUT2D eigenvalue weighted by Crippen LogP contribution is 2.64. The maximum absolute atomic E-state index is 14.3. The highest BCUT2D eigenvalue weighted by Gasteiger charge is 2.83. The molecule has 16 nitrogen and oxygen atoms in total. The van der Waals surface area contributed by atoms with E-state index in [1.54, 1.807) is 7.11 Å². The first-order valence-corrected chi connectivity index (χ1v) is 24.7. The van der Waals surface area contributed by atoms with Crippen molar-refractivity contribution in [2.75, 3.05) is 13.7 Å². The van der Waals surface area contributed by atoms with Gasteiger partial charge in [0.1, 0.15) is 42.4 Å². The van der Waals surface area contributed by atoms with Crippen molar-refractivity contribution in [3.05, 3.63) is 54.1 Å². The lowest BCUT2D eigenvalue weighted by Gasteiger charge is -2.51. The van der Waals surface area contributed by atoms with Crippen LogP contribution in [0.5, 0.6) is 5.75 Å². The third-order valence-corrected chi connectivity index (χ3v) is 16.9. The van der Waals surface area contributed by atoms with Crippen LogP contribution in [0.3, 0.4) is 0 Å². The van der Waals surface area contributed by atoms with E-state index in [1.807, 2.05) is 31.2 Å². The third kappa shape index (κ3) is 7.38. The number of hydrogen-bond donors (Lipinski definition) is 2. The molecule has 0 aromatic heterocycles. The Morgan fingerprint density at radius 1 is 0.712 bits per heavy atom. The third-order valence-electron chi connectivity index (χ3n) is 16.9. The first-order chi connectivity index (χ1) is 31.9. The number of hydrogen-bond acceptors (Lipinski definition) is 16. The first-order valence-electron chi connectivity index (χ1n) is 24.7. The Morgan fingerprint density at radius 3 is 2.30 bits per heavy atom. The molecule has 0 aliphatic carbocycles. The summed E-state index contributed by atoms with van der Waals surface area (Å²) in [5.41, 5.74) is 2.87. The second-order valence-electron chi connectivity index (χ2n) is 21.0. The number of carbonyl (C=O) groups excluding carboxylic acids is 1. The maximum Gasteiger partial charge on any atom is 0.308 e. The Balaban J connectivity index is 0.853. The van der Waals surface area contributed by atoms with Crippen LogP contribution in [0.15, 0.2) is 48.6 Å². The van der Waals surface area contributed by atoms with Crippen molar-refractivity contribution >= 4 is 5.97 Å². The van der Waals surface area contributed by atoms with E-state index in [0.29, 0.717) is 51.4 Å². The molecule has 362 valence electrons. The molecular formula is C50H66O16. The molecule has 0 radical (unpaired) electrons. The SMILES string of the molecule is C=C1CC2CC[C@@]34OC5[C@H]6O[C@H](CC[C@@H]6O[C@H]6C(O3)[C@]3(O[C@@H](c7ccc(OC)cc7)O[C@@H]43)O[C@@H]56)CC(=O)O[C@@H]3[C@@H](C)[C@@H]4O[C@H](CCO)[C@H](O)C[C@@H]4O[C@H]3CC3O[C@@H](CCC1O2)C[C@@H](C)C3=C. The molecular weight excluding hydrogens is 857 g/mol. The summed E-state index contributed by atoms with van der Waals surface area (Å²) in [6.07, 6.45) is -2.93. The highest BCUT2D eigenvalue weighted by molar-refractivity contribution is 5.70. The fourth-order valence-electron chi connectivity index (χ4n) is 13.5. The number of aliphatic hydroxyl groups is 2. The van der Waals surface area contributed by atoms with Gasteiger partial charge in [-0.05, 0) is 80.6 Å². The fourth-order valence-corrected chi connectivity index (χ4v) is 13.5. The van der Waals surface area contributed by atoms with Crippen LogP contribution in [0, 0.1) is 11.8 Å². The zero-order valence-electron chi connectivity index (χ0n) is 38.2. The molecule has 2 N–H and O–H groups in total. The summed E-state index contributed by atoms with van der Waals surface area (Å²) in [5.74, 6) is -2.36. The summed E-state index contributed by atoms with van der Waals surface area (Å²) >= 11 is 0. The van der Waals surface area contributed by atoms with Crippen LogP contribution in [0.4, 0.5) is 0 Å². The molecule has 12 aliphatic rings. The minimum atomic E-state index is -1.30. The minimum absolute atomic E-state index is 0.00402. The van der Waals surface area contributed by atoms with Gasteiger partial charge in [-0.25, -0.2) is 0 Å². The second-order valence-corrected chi connectivity index (χ2v) is 21.0. The molecule has 13 rings (SSSR count). The molecule has 12 bridgehead atoms. The number of fused-ring (bicyclic) bond motifs is 7. The van der Waals surface area contributed by atoms with E-state index in [4.69, 9.17) is 61.6 Å². The Hall–Kier alpha value is -2.55. The summed E-state index contributed by atoms with van der Waals surface area (Å²) in [6.45, 7) is 13.1. The van der Waals surface area contributed by atoms with Crippen molar-refractivity contribution in [3.8, 4) is 5.75 Å². The standard InChI is InChI=1S/C50H66O16/c1-23-18-29-10-12-33-24(2)19-31(55-33)14-16-49-48-50(66-47(62-48)27-6-8-28(54-5)9-7-27)46(65-49)45-44(64-50)43(63-49)42-35(60-45)13-11-30(57-42)20-39(53)61-41-26(4)40-37(21-32(52)34(59-40)15-17-51)58-38(41)22-36(56-29)25(23)3/h6-9,23,26,29-38,40-48,51-52H,2-3,10-22H2,1,4-5H3/t23-,26+,29+,30-,31?,32-,33?,34-,35+,36?,37+,38+,40+,41-,42+,43?,44+,45-,46?,47+,48+,49-,50-/m1/s1. The molecule has 66 heavy (non-hydrogen) atoms. The Morgan fingerprint density at radius 2 is 1.48 bits per heavy atom. The molecule has 16 heteroatoms.